The summed E-state index contributed by atoms with van der Waals surface area (Å²) in [5, 5.41) is 5.06. The summed E-state index contributed by atoms with van der Waals surface area (Å²) in [7, 11) is 0. The first-order valence-electron chi connectivity index (χ1n) is 12.9. The van der Waals surface area contributed by atoms with Gasteiger partial charge in [-0.2, -0.15) is 0 Å². The van der Waals surface area contributed by atoms with E-state index in [-0.39, 0.29) is 6.42 Å². The van der Waals surface area contributed by atoms with Crippen molar-refractivity contribution in [2.24, 2.45) is 5.92 Å². The minimum atomic E-state index is -3.63. The zero-order valence-electron chi connectivity index (χ0n) is 22.4. The van der Waals surface area contributed by atoms with Crippen LogP contribution in [-0.2, 0) is 14.4 Å². The van der Waals surface area contributed by atoms with E-state index in [4.69, 9.17) is 11.6 Å². The molecule has 0 aliphatic heterocycles. The molecule has 0 spiro atoms. The molecule has 0 aromatic heterocycles. The molecule has 2 amide bonds. The lowest BCUT2D eigenvalue weighted by molar-refractivity contribution is -0.153. The second-order valence-electron chi connectivity index (χ2n) is 9.99. The third-order valence-electron chi connectivity index (χ3n) is 6.92. The number of nitrogens with one attached hydrogen (secondary N) is 2. The van der Waals surface area contributed by atoms with E-state index in [1.165, 1.54) is 13.8 Å². The van der Waals surface area contributed by atoms with Crippen LogP contribution in [0.2, 0.25) is 5.02 Å². The van der Waals surface area contributed by atoms with Gasteiger partial charge in [0, 0.05) is 29.2 Å². The van der Waals surface area contributed by atoms with Crippen molar-refractivity contribution in [2.45, 2.75) is 57.3 Å². The highest BCUT2D eigenvalue weighted by atomic mass is 35.5. The van der Waals surface area contributed by atoms with E-state index in [0.29, 0.717) is 10.6 Å². The summed E-state index contributed by atoms with van der Waals surface area (Å²) in [5.41, 5.74) is 2.25. The predicted molar refractivity (Wildman–Crippen MR) is 149 cm³/mol. The molecule has 1 unspecified atom stereocenters. The summed E-state index contributed by atoms with van der Waals surface area (Å²) in [6.07, 6.45) is -3.71. The molecule has 3 aromatic carbocycles. The summed E-state index contributed by atoms with van der Waals surface area (Å²) >= 11 is 6.21. The highest BCUT2D eigenvalue weighted by molar-refractivity contribution is 6.30. The van der Waals surface area contributed by atoms with Crippen molar-refractivity contribution in [1.82, 2.24) is 10.6 Å². The first-order chi connectivity index (χ1) is 18.9. The maximum absolute atomic E-state index is 15.6. The smallest absolute Gasteiger partial charge is 0.301 e. The standard InChI is InChI=1S/C31H32ClF3N2O3/c1-19(2)31(35,28(39)29(33)34)37-30(40)27(20(3)21-11-6-4-7-12-21)36-26(38)18-25(22-13-8-5-9-14-22)23-15-10-16-24(32)17-23/h4-17,19-20,25,27,29H,18H2,1-3H3,(H,36,38)(H,37,40)/t20-,25?,27-,31+/m0/s1. The van der Waals surface area contributed by atoms with Gasteiger partial charge in [-0.3, -0.25) is 14.4 Å². The van der Waals surface area contributed by atoms with Crippen molar-refractivity contribution < 1.29 is 27.6 Å². The minimum Gasteiger partial charge on any atom is -0.344 e. The van der Waals surface area contributed by atoms with Crippen LogP contribution in [-0.4, -0.2) is 35.9 Å². The molecule has 212 valence electrons. The van der Waals surface area contributed by atoms with E-state index in [2.05, 4.69) is 5.32 Å². The first-order valence-corrected chi connectivity index (χ1v) is 13.3. The molecule has 0 saturated carbocycles. The maximum Gasteiger partial charge on any atom is 0.301 e. The maximum atomic E-state index is 15.6. The fraction of sp³-hybridized carbons (Fsp3) is 0.323. The Bertz CT molecular complexity index is 1310. The summed E-state index contributed by atoms with van der Waals surface area (Å²) in [4.78, 5) is 39.0. The number of amides is 2. The molecule has 0 heterocycles. The van der Waals surface area contributed by atoms with Crippen LogP contribution >= 0.6 is 11.6 Å². The molecule has 2 N–H and O–H groups in total. The van der Waals surface area contributed by atoms with Gasteiger partial charge >= 0.3 is 6.43 Å². The van der Waals surface area contributed by atoms with Gasteiger partial charge in [0.1, 0.15) is 6.04 Å². The molecule has 0 bridgehead atoms. The lowest BCUT2D eigenvalue weighted by Crippen LogP contribution is -2.61. The van der Waals surface area contributed by atoms with Crippen molar-refractivity contribution in [3.8, 4) is 0 Å². The molecule has 4 atom stereocenters. The molecule has 40 heavy (non-hydrogen) atoms. The second-order valence-corrected chi connectivity index (χ2v) is 10.4. The van der Waals surface area contributed by atoms with Crippen molar-refractivity contribution >= 4 is 29.2 Å². The number of hydrogen-bond acceptors (Lipinski definition) is 3. The van der Waals surface area contributed by atoms with E-state index in [1.54, 1.807) is 55.5 Å². The van der Waals surface area contributed by atoms with Crippen molar-refractivity contribution in [2.75, 3.05) is 0 Å². The number of hydrogen-bond donors (Lipinski definition) is 2. The number of carbonyl (C=O) groups is 3. The molecule has 0 aliphatic carbocycles. The Hall–Kier alpha value is -3.65. The van der Waals surface area contributed by atoms with Crippen LogP contribution in [0.5, 0.6) is 0 Å². The third-order valence-corrected chi connectivity index (χ3v) is 7.16. The van der Waals surface area contributed by atoms with Crippen LogP contribution < -0.4 is 10.6 Å². The van der Waals surface area contributed by atoms with Crippen molar-refractivity contribution in [3.05, 3.63) is 107 Å². The van der Waals surface area contributed by atoms with Gasteiger partial charge in [0.05, 0.1) is 0 Å². The highest BCUT2D eigenvalue weighted by Crippen LogP contribution is 2.31. The Morgan fingerprint density at radius 1 is 0.825 bits per heavy atom. The third kappa shape index (κ3) is 7.50. The van der Waals surface area contributed by atoms with Gasteiger partial charge in [0.15, 0.2) is 0 Å². The average Bonchev–Trinajstić information content (AvgIpc) is 2.94. The van der Waals surface area contributed by atoms with Crippen LogP contribution in [0.25, 0.3) is 0 Å². The Balaban J connectivity index is 1.94. The summed E-state index contributed by atoms with van der Waals surface area (Å²) < 4.78 is 42.1. The van der Waals surface area contributed by atoms with Crippen LogP contribution in [0.15, 0.2) is 84.9 Å². The molecule has 9 heteroatoms. The fourth-order valence-corrected chi connectivity index (χ4v) is 4.73. The van der Waals surface area contributed by atoms with Gasteiger partial charge in [-0.1, -0.05) is 105 Å². The number of ketones is 1. The lowest BCUT2D eigenvalue weighted by Gasteiger charge is -2.32. The SMILES string of the molecule is CC(C)[C@@](F)(NC(=O)[C@@H](NC(=O)CC(c1ccccc1)c1cccc(Cl)c1)[C@@H](C)c1ccccc1)C(=O)C(F)F. The van der Waals surface area contributed by atoms with Crippen LogP contribution in [0.1, 0.15) is 55.7 Å². The summed E-state index contributed by atoms with van der Waals surface area (Å²) in [6.45, 7) is 4.07. The zero-order chi connectivity index (χ0) is 29.4. The van der Waals surface area contributed by atoms with E-state index in [0.717, 1.165) is 11.1 Å². The number of Topliss-reactive ketones (excluding diaryl/α,β-unsaturated/α-hetero) is 1. The van der Waals surface area contributed by atoms with Crippen molar-refractivity contribution in [3.63, 3.8) is 0 Å². The average molecular weight is 573 g/mol. The van der Waals surface area contributed by atoms with Gasteiger partial charge in [-0.25, -0.2) is 13.2 Å². The number of halogens is 4. The Kier molecular flexibility index (Phi) is 10.5. The number of carbonyl (C=O) groups excluding carboxylic acids is 3. The number of alkyl halides is 3. The first kappa shape index (κ1) is 30.9. The van der Waals surface area contributed by atoms with Gasteiger partial charge in [0.2, 0.25) is 17.6 Å². The molecule has 0 radical (unpaired) electrons. The molecule has 0 aliphatic rings. The van der Waals surface area contributed by atoms with Gasteiger partial charge < -0.3 is 10.6 Å². The largest absolute Gasteiger partial charge is 0.344 e. The molecular weight excluding hydrogens is 541 g/mol. The summed E-state index contributed by atoms with van der Waals surface area (Å²) in [5.74, 6) is -9.39. The normalized spacial score (nSPS) is 15.1. The molecular formula is C31H32ClF3N2O3. The quantitative estimate of drug-likeness (QED) is 0.246. The number of benzene rings is 3. The van der Waals surface area contributed by atoms with Gasteiger partial charge in [-0.05, 0) is 28.8 Å². The number of rotatable bonds is 12. The highest BCUT2D eigenvalue weighted by Gasteiger charge is 2.48. The Morgan fingerprint density at radius 3 is 1.90 bits per heavy atom. The van der Waals surface area contributed by atoms with Crippen LogP contribution in [0.4, 0.5) is 13.2 Å². The summed E-state index contributed by atoms with van der Waals surface area (Å²) in [6, 6.07) is 23.7. The molecule has 3 rings (SSSR count). The van der Waals surface area contributed by atoms with Crippen LogP contribution in [0.3, 0.4) is 0 Å². The van der Waals surface area contributed by atoms with E-state index in [9.17, 15) is 23.2 Å². The van der Waals surface area contributed by atoms with Gasteiger partial charge in [0.25, 0.3) is 5.78 Å². The molecule has 5 nitrogen and oxygen atoms in total. The zero-order valence-corrected chi connectivity index (χ0v) is 23.2. The molecule has 0 saturated heterocycles. The topological polar surface area (TPSA) is 75.3 Å². The Labute approximate surface area is 237 Å². The minimum absolute atomic E-state index is 0.0867. The Morgan fingerprint density at radius 2 is 1.38 bits per heavy atom. The lowest BCUT2D eigenvalue weighted by atomic mass is 9.87. The van der Waals surface area contributed by atoms with E-state index < -0.39 is 53.6 Å². The van der Waals surface area contributed by atoms with E-state index >= 15 is 4.39 Å². The molecule has 3 aromatic rings. The molecule has 0 fully saturated rings. The fourth-order valence-electron chi connectivity index (χ4n) is 4.53. The van der Waals surface area contributed by atoms with Gasteiger partial charge in [-0.15, -0.1) is 0 Å². The monoisotopic (exact) mass is 572 g/mol. The second kappa shape index (κ2) is 13.6. The van der Waals surface area contributed by atoms with Crippen LogP contribution in [0, 0.1) is 5.92 Å². The van der Waals surface area contributed by atoms with Crippen molar-refractivity contribution in [1.29, 1.82) is 0 Å². The van der Waals surface area contributed by atoms with E-state index in [1.807, 2.05) is 41.7 Å². The predicted octanol–water partition coefficient (Wildman–Crippen LogP) is 6.42.